The lowest BCUT2D eigenvalue weighted by molar-refractivity contribution is -0.0579. The number of hydrogen-bond donors (Lipinski definition) is 4. The molecule has 5 N–H and O–H groups in total. The molecule has 2 aliphatic rings. The van der Waals surface area contributed by atoms with Gasteiger partial charge in [-0.1, -0.05) is 0 Å². The summed E-state index contributed by atoms with van der Waals surface area (Å²) in [5.74, 6) is 0.0580. The van der Waals surface area contributed by atoms with Crippen molar-refractivity contribution in [2.24, 2.45) is 0 Å². The van der Waals surface area contributed by atoms with Crippen LogP contribution < -0.4 is 5.73 Å². The number of nitrogen functional groups attached to an aromatic ring is 1. The van der Waals surface area contributed by atoms with Gasteiger partial charge in [-0.2, -0.15) is 4.31 Å². The number of aromatic nitrogens is 4. The Balaban J connectivity index is 1.60. The van der Waals surface area contributed by atoms with Crippen molar-refractivity contribution in [3.63, 3.8) is 0 Å². The van der Waals surface area contributed by atoms with Crippen molar-refractivity contribution >= 4 is 40.5 Å². The first kappa shape index (κ1) is 21.9. The minimum absolute atomic E-state index is 0.0580. The maximum atomic E-state index is 12.6. The Morgan fingerprint density at radius 1 is 1.27 bits per heavy atom. The first-order valence-electron chi connectivity index (χ1n) is 7.84. The van der Waals surface area contributed by atoms with Crippen molar-refractivity contribution in [3.8, 4) is 0 Å². The average molecular weight is 491 g/mol. The SMILES string of the molecule is Nc1ncnc2c1ncn2[C@@H]1O[C@H](COP(=O)(O)OP(=O)(O)F)[C@H]2OP(=O)(O)O[C@H]21. The smallest absolute Gasteiger partial charge is 0.382 e. The molecule has 0 radical (unpaired) electrons. The summed E-state index contributed by atoms with van der Waals surface area (Å²) in [5.41, 5.74) is 6.11. The number of fused-ring (bicyclic) bond motifs is 2. The van der Waals surface area contributed by atoms with Crippen molar-refractivity contribution in [1.29, 1.82) is 0 Å². The van der Waals surface area contributed by atoms with Gasteiger partial charge in [0, 0.05) is 0 Å². The third-order valence-electron chi connectivity index (χ3n) is 4.06. The summed E-state index contributed by atoms with van der Waals surface area (Å²) < 4.78 is 71.4. The van der Waals surface area contributed by atoms with Gasteiger partial charge in [0.25, 0.3) is 0 Å². The second-order valence-corrected chi connectivity index (χ2v) is 10.2. The van der Waals surface area contributed by atoms with Gasteiger partial charge in [-0.05, 0) is 0 Å². The van der Waals surface area contributed by atoms with E-state index in [0.717, 1.165) is 6.33 Å². The number of imidazole rings is 1. The van der Waals surface area contributed by atoms with Crippen LogP contribution in [0.25, 0.3) is 11.2 Å². The lowest BCUT2D eigenvalue weighted by Gasteiger charge is -2.20. The first-order valence-corrected chi connectivity index (χ1v) is 12.3. The van der Waals surface area contributed by atoms with Crippen LogP contribution in [-0.4, -0.2) is 59.1 Å². The van der Waals surface area contributed by atoms with Gasteiger partial charge in [0.1, 0.15) is 30.2 Å². The van der Waals surface area contributed by atoms with Crippen LogP contribution in [0.4, 0.5) is 10.0 Å². The highest BCUT2D eigenvalue weighted by atomic mass is 31.3. The van der Waals surface area contributed by atoms with E-state index in [2.05, 4.69) is 23.8 Å². The highest BCUT2D eigenvalue weighted by Crippen LogP contribution is 2.62. The number of nitrogens with two attached hydrogens (primary N) is 1. The molecule has 0 aromatic carbocycles. The highest BCUT2D eigenvalue weighted by Gasteiger charge is 2.58. The summed E-state index contributed by atoms with van der Waals surface area (Å²) in [5, 5.41) is 0. The molecule has 30 heavy (non-hydrogen) atoms. The van der Waals surface area contributed by atoms with E-state index in [1.807, 2.05) is 0 Å². The number of halogens is 1. The van der Waals surface area contributed by atoms with Crippen molar-refractivity contribution in [2.75, 3.05) is 12.3 Å². The summed E-state index contributed by atoms with van der Waals surface area (Å²) in [6, 6.07) is 0. The molecule has 0 spiro atoms. The summed E-state index contributed by atoms with van der Waals surface area (Å²) in [7, 11) is -15.6. The molecule has 4 heterocycles. The first-order chi connectivity index (χ1) is 13.9. The quantitative estimate of drug-likeness (QED) is 0.401. The summed E-state index contributed by atoms with van der Waals surface area (Å²) >= 11 is 0. The van der Waals surface area contributed by atoms with E-state index in [1.165, 1.54) is 10.9 Å². The van der Waals surface area contributed by atoms with Gasteiger partial charge in [-0.25, -0.2) is 28.6 Å². The van der Waals surface area contributed by atoms with Crippen molar-refractivity contribution < 1.29 is 55.2 Å². The molecule has 16 nitrogen and oxygen atoms in total. The van der Waals surface area contributed by atoms with E-state index in [-0.39, 0.29) is 17.0 Å². The fraction of sp³-hybridized carbons (Fsp3) is 0.500. The molecule has 0 amide bonds. The van der Waals surface area contributed by atoms with Crippen LogP contribution in [0.3, 0.4) is 0 Å². The number of ether oxygens (including phenoxy) is 1. The molecule has 4 rings (SSSR count). The fourth-order valence-corrected chi connectivity index (χ4v) is 5.70. The summed E-state index contributed by atoms with van der Waals surface area (Å²) in [6.07, 6.45) is -2.59. The molecular weight excluding hydrogens is 478 g/mol. The molecular formula is C10H13FN5O11P3. The molecule has 2 fully saturated rings. The molecule has 2 aromatic rings. The second-order valence-electron chi connectivity index (χ2n) is 6.05. The molecule has 0 saturated carbocycles. The predicted octanol–water partition coefficient (Wildman–Crippen LogP) is 0.394. The molecule has 2 saturated heterocycles. The lowest BCUT2D eigenvalue weighted by atomic mass is 10.1. The van der Waals surface area contributed by atoms with Gasteiger partial charge in [-0.15, -0.1) is 4.20 Å². The molecule has 2 aromatic heterocycles. The van der Waals surface area contributed by atoms with E-state index in [1.54, 1.807) is 0 Å². The molecule has 7 atom stereocenters. The molecule has 166 valence electrons. The number of rotatable bonds is 6. The van der Waals surface area contributed by atoms with Gasteiger partial charge in [0.2, 0.25) is 0 Å². The maximum absolute atomic E-state index is 12.6. The molecule has 2 aliphatic heterocycles. The Morgan fingerprint density at radius 2 is 1.97 bits per heavy atom. The predicted molar refractivity (Wildman–Crippen MR) is 91.0 cm³/mol. The van der Waals surface area contributed by atoms with Crippen LogP contribution in [0.5, 0.6) is 0 Å². The van der Waals surface area contributed by atoms with Crippen molar-refractivity contribution in [1.82, 2.24) is 19.5 Å². The Kier molecular flexibility index (Phi) is 5.37. The maximum Gasteiger partial charge on any atom is 0.519 e. The van der Waals surface area contributed by atoms with Gasteiger partial charge >= 0.3 is 23.6 Å². The van der Waals surface area contributed by atoms with E-state index in [0.29, 0.717) is 0 Å². The second kappa shape index (κ2) is 7.36. The lowest BCUT2D eigenvalue weighted by Crippen LogP contribution is -2.31. The molecule has 0 bridgehead atoms. The van der Waals surface area contributed by atoms with Crippen LogP contribution >= 0.6 is 23.6 Å². The molecule has 20 heteroatoms. The van der Waals surface area contributed by atoms with E-state index < -0.39 is 54.7 Å². The Bertz CT molecular complexity index is 1120. The normalized spacial score (nSPS) is 35.2. The number of nitrogens with zero attached hydrogens (tertiary/aromatic N) is 4. The van der Waals surface area contributed by atoms with Crippen molar-refractivity contribution in [3.05, 3.63) is 12.7 Å². The highest BCUT2D eigenvalue weighted by molar-refractivity contribution is 7.61. The van der Waals surface area contributed by atoms with E-state index in [4.69, 9.17) is 24.4 Å². The van der Waals surface area contributed by atoms with Gasteiger partial charge in [0.15, 0.2) is 17.7 Å². The average Bonchev–Trinajstić information content (AvgIpc) is 3.22. The summed E-state index contributed by atoms with van der Waals surface area (Å²) in [6.45, 7) is -0.863. The third-order valence-corrected chi connectivity index (χ3v) is 7.19. The van der Waals surface area contributed by atoms with Crippen LogP contribution in [0, 0.1) is 0 Å². The minimum atomic E-state index is -5.83. The van der Waals surface area contributed by atoms with Crippen LogP contribution in [0.2, 0.25) is 0 Å². The van der Waals surface area contributed by atoms with Crippen LogP contribution in [0.1, 0.15) is 6.23 Å². The Morgan fingerprint density at radius 3 is 2.67 bits per heavy atom. The molecule has 3 unspecified atom stereocenters. The van der Waals surface area contributed by atoms with Crippen LogP contribution in [-0.2, 0) is 36.3 Å². The van der Waals surface area contributed by atoms with Gasteiger partial charge in [-0.3, -0.25) is 23.0 Å². The van der Waals surface area contributed by atoms with Gasteiger partial charge in [0.05, 0.1) is 12.9 Å². The number of hydrogen-bond acceptors (Lipinski definition) is 12. The largest absolute Gasteiger partial charge is 0.519 e. The topological polar surface area (TPSA) is 228 Å². The Labute approximate surface area is 165 Å². The van der Waals surface area contributed by atoms with Gasteiger partial charge < -0.3 is 20.3 Å². The fourth-order valence-electron chi connectivity index (χ4n) is 3.01. The number of phosphoric ester groups is 2. The zero-order valence-corrected chi connectivity index (χ0v) is 17.0. The molecule has 0 aliphatic carbocycles. The zero-order chi connectivity index (χ0) is 21.9. The summed E-state index contributed by atoms with van der Waals surface area (Å²) in [4.78, 5) is 39.3. The van der Waals surface area contributed by atoms with Crippen LogP contribution in [0.15, 0.2) is 12.7 Å². The number of anilines is 1. The zero-order valence-electron chi connectivity index (χ0n) is 14.4. The van der Waals surface area contributed by atoms with Crippen molar-refractivity contribution in [2.45, 2.75) is 24.5 Å². The third kappa shape index (κ3) is 4.33. The minimum Gasteiger partial charge on any atom is -0.382 e. The van der Waals surface area contributed by atoms with E-state index in [9.17, 15) is 27.7 Å². The number of phosphoric acid groups is 2. The monoisotopic (exact) mass is 491 g/mol. The Hall–Kier alpha value is -1.35. The van der Waals surface area contributed by atoms with E-state index >= 15 is 0 Å². The standard InChI is InChI=1S/C10H13FN5O11P3/c11-28(17,18)27-29(19,20)23-1-4-6-7(26-30(21,22)25-6)10(24-4)16-3-15-5-8(12)13-2-14-9(5)16/h2-4,6-7,10H,1H2,(H,17,18)(H,19,20)(H,21,22)(H2,12,13,14)/t4-,6-,7-,10-/m1/s1.